The number of carbonyl (C=O) groups excluding carboxylic acids is 1. The molecular formula is C15H19FN4O2. The van der Waals surface area contributed by atoms with Gasteiger partial charge < -0.3 is 15.7 Å². The fraction of sp³-hybridized carbons (Fsp3) is 0.333. The maximum absolute atomic E-state index is 12.9. The van der Waals surface area contributed by atoms with Gasteiger partial charge in [-0.25, -0.2) is 13.9 Å². The minimum atomic E-state index is -0.351. The van der Waals surface area contributed by atoms with Crippen molar-refractivity contribution in [1.29, 1.82) is 0 Å². The summed E-state index contributed by atoms with van der Waals surface area (Å²) in [6.07, 6.45) is 1.79. The third-order valence-corrected chi connectivity index (χ3v) is 3.18. The second-order valence-corrected chi connectivity index (χ2v) is 5.07. The van der Waals surface area contributed by atoms with Gasteiger partial charge >= 0.3 is 6.03 Å². The average Bonchev–Trinajstić information content (AvgIpc) is 2.87. The van der Waals surface area contributed by atoms with E-state index >= 15 is 0 Å². The zero-order chi connectivity index (χ0) is 16.1. The Labute approximate surface area is 128 Å². The number of nitrogens with one attached hydrogen (secondary N) is 2. The van der Waals surface area contributed by atoms with Gasteiger partial charge in [0.1, 0.15) is 5.82 Å². The molecule has 1 aromatic carbocycles. The van der Waals surface area contributed by atoms with Crippen molar-refractivity contribution in [1.82, 2.24) is 20.4 Å². The second-order valence-electron chi connectivity index (χ2n) is 5.07. The smallest absolute Gasteiger partial charge is 0.315 e. The summed E-state index contributed by atoms with van der Waals surface area (Å²) in [6, 6.07) is 5.35. The molecule has 0 aliphatic rings. The second kappa shape index (κ2) is 7.04. The van der Waals surface area contributed by atoms with Gasteiger partial charge in [0.05, 0.1) is 24.0 Å². The van der Waals surface area contributed by atoms with Crippen LogP contribution in [0.15, 0.2) is 30.5 Å². The highest BCUT2D eigenvalue weighted by atomic mass is 19.1. The molecule has 2 aromatic rings. The highest BCUT2D eigenvalue weighted by molar-refractivity contribution is 5.74. The summed E-state index contributed by atoms with van der Waals surface area (Å²) in [5.41, 5.74) is 2.38. The van der Waals surface area contributed by atoms with E-state index in [1.807, 2.05) is 6.92 Å². The highest BCUT2D eigenvalue weighted by Crippen LogP contribution is 2.12. The lowest BCUT2D eigenvalue weighted by Crippen LogP contribution is -2.41. The van der Waals surface area contributed by atoms with Gasteiger partial charge in [-0.05, 0) is 38.1 Å². The van der Waals surface area contributed by atoms with Crippen LogP contribution in [0, 0.1) is 12.7 Å². The summed E-state index contributed by atoms with van der Waals surface area (Å²) in [4.78, 5) is 11.6. The molecule has 0 radical (unpaired) electrons. The molecule has 0 saturated heterocycles. The summed E-state index contributed by atoms with van der Waals surface area (Å²) < 4.78 is 14.6. The Balaban J connectivity index is 2.01. The van der Waals surface area contributed by atoms with Crippen molar-refractivity contribution >= 4 is 6.03 Å². The molecular weight excluding hydrogens is 287 g/mol. The van der Waals surface area contributed by atoms with Crippen LogP contribution in [0.5, 0.6) is 0 Å². The fourth-order valence-electron chi connectivity index (χ4n) is 1.89. The Morgan fingerprint density at radius 1 is 1.41 bits per heavy atom. The van der Waals surface area contributed by atoms with E-state index < -0.39 is 0 Å². The van der Waals surface area contributed by atoms with Crippen LogP contribution in [-0.4, -0.2) is 33.6 Å². The molecule has 0 spiro atoms. The van der Waals surface area contributed by atoms with Crippen molar-refractivity contribution in [3.05, 3.63) is 47.5 Å². The Morgan fingerprint density at radius 3 is 2.73 bits per heavy atom. The minimum Gasteiger partial charge on any atom is -0.394 e. The van der Waals surface area contributed by atoms with Crippen molar-refractivity contribution in [2.24, 2.45) is 0 Å². The number of aryl methyl sites for hydroxylation is 1. The average molecular weight is 306 g/mol. The molecule has 1 unspecified atom stereocenters. The van der Waals surface area contributed by atoms with E-state index in [9.17, 15) is 9.18 Å². The number of aliphatic hydroxyl groups is 1. The van der Waals surface area contributed by atoms with Gasteiger partial charge in [-0.1, -0.05) is 0 Å². The lowest BCUT2D eigenvalue weighted by Gasteiger charge is -2.11. The number of benzene rings is 1. The van der Waals surface area contributed by atoms with Crippen LogP contribution in [0.1, 0.15) is 18.2 Å². The first-order chi connectivity index (χ1) is 10.5. The van der Waals surface area contributed by atoms with E-state index in [0.717, 1.165) is 16.9 Å². The lowest BCUT2D eigenvalue weighted by atomic mass is 10.2. The van der Waals surface area contributed by atoms with Gasteiger partial charge in [0.25, 0.3) is 0 Å². The number of nitrogens with zero attached hydrogens (tertiary/aromatic N) is 2. The SMILES string of the molecule is Cc1nn(-c2ccc(F)cc2)cc1CNC(=O)NC(C)CO. The summed E-state index contributed by atoms with van der Waals surface area (Å²) in [7, 11) is 0. The highest BCUT2D eigenvalue weighted by Gasteiger charge is 2.09. The van der Waals surface area contributed by atoms with Gasteiger partial charge in [0, 0.05) is 18.3 Å². The normalized spacial score (nSPS) is 12.0. The van der Waals surface area contributed by atoms with Crippen molar-refractivity contribution < 1.29 is 14.3 Å². The van der Waals surface area contributed by atoms with Gasteiger partial charge in [0.2, 0.25) is 0 Å². The first-order valence-electron chi connectivity index (χ1n) is 6.96. The lowest BCUT2D eigenvalue weighted by molar-refractivity contribution is 0.220. The van der Waals surface area contributed by atoms with E-state index in [2.05, 4.69) is 15.7 Å². The topological polar surface area (TPSA) is 79.2 Å². The summed E-state index contributed by atoms with van der Waals surface area (Å²) in [5.74, 6) is -0.302. The van der Waals surface area contributed by atoms with Crippen molar-refractivity contribution in [3.8, 4) is 5.69 Å². The first-order valence-corrected chi connectivity index (χ1v) is 6.96. The van der Waals surface area contributed by atoms with E-state index in [1.54, 1.807) is 29.9 Å². The van der Waals surface area contributed by atoms with Crippen molar-refractivity contribution in [3.63, 3.8) is 0 Å². The number of hydrogen-bond acceptors (Lipinski definition) is 3. The summed E-state index contributed by atoms with van der Waals surface area (Å²) in [5, 5.41) is 18.5. The maximum Gasteiger partial charge on any atom is 0.315 e. The van der Waals surface area contributed by atoms with Crippen molar-refractivity contribution in [2.75, 3.05) is 6.61 Å². The molecule has 118 valence electrons. The number of urea groups is 1. The Bertz CT molecular complexity index is 639. The number of carbonyl (C=O) groups is 1. The van der Waals surface area contributed by atoms with Crippen LogP contribution in [0.25, 0.3) is 5.69 Å². The van der Waals surface area contributed by atoms with Crippen LogP contribution in [-0.2, 0) is 6.54 Å². The van der Waals surface area contributed by atoms with Crippen LogP contribution in [0.2, 0.25) is 0 Å². The van der Waals surface area contributed by atoms with E-state index in [4.69, 9.17) is 5.11 Å². The molecule has 1 atom stereocenters. The molecule has 6 nitrogen and oxygen atoms in total. The molecule has 1 heterocycles. The Hall–Kier alpha value is -2.41. The van der Waals surface area contributed by atoms with E-state index in [-0.39, 0.29) is 24.5 Å². The number of hydrogen-bond donors (Lipinski definition) is 3. The van der Waals surface area contributed by atoms with Gasteiger partial charge in [-0.3, -0.25) is 0 Å². The van der Waals surface area contributed by atoms with E-state index in [0.29, 0.717) is 6.54 Å². The quantitative estimate of drug-likeness (QED) is 0.783. The predicted octanol–water partition coefficient (Wildman–Crippen LogP) is 1.50. The molecule has 0 saturated carbocycles. The third-order valence-electron chi connectivity index (χ3n) is 3.18. The fourth-order valence-corrected chi connectivity index (χ4v) is 1.89. The molecule has 2 amide bonds. The Kier molecular flexibility index (Phi) is 5.11. The molecule has 0 bridgehead atoms. The zero-order valence-corrected chi connectivity index (χ0v) is 12.5. The minimum absolute atomic E-state index is 0.116. The Morgan fingerprint density at radius 2 is 2.09 bits per heavy atom. The van der Waals surface area contributed by atoms with E-state index in [1.165, 1.54) is 12.1 Å². The largest absolute Gasteiger partial charge is 0.394 e. The molecule has 2 rings (SSSR count). The number of amides is 2. The van der Waals surface area contributed by atoms with Gasteiger partial charge in [-0.15, -0.1) is 0 Å². The number of aromatic nitrogens is 2. The third kappa shape index (κ3) is 4.05. The van der Waals surface area contributed by atoms with Gasteiger partial charge in [-0.2, -0.15) is 5.10 Å². The number of halogens is 1. The molecule has 0 fully saturated rings. The van der Waals surface area contributed by atoms with Gasteiger partial charge in [0.15, 0.2) is 0 Å². The first kappa shape index (κ1) is 16.0. The summed E-state index contributed by atoms with van der Waals surface area (Å²) >= 11 is 0. The molecule has 1 aromatic heterocycles. The standard InChI is InChI=1S/C15H19FN4O2/c1-10(9-21)18-15(22)17-7-12-8-20(19-11(12)2)14-5-3-13(16)4-6-14/h3-6,8,10,21H,7,9H2,1-2H3,(H2,17,18,22). The predicted molar refractivity (Wildman–Crippen MR) is 80.2 cm³/mol. The molecule has 22 heavy (non-hydrogen) atoms. The molecule has 0 aliphatic heterocycles. The van der Waals surface area contributed by atoms with Crippen LogP contribution in [0.3, 0.4) is 0 Å². The van der Waals surface area contributed by atoms with Crippen LogP contribution < -0.4 is 10.6 Å². The van der Waals surface area contributed by atoms with Crippen LogP contribution in [0.4, 0.5) is 9.18 Å². The molecule has 3 N–H and O–H groups in total. The van der Waals surface area contributed by atoms with Crippen molar-refractivity contribution in [2.45, 2.75) is 26.4 Å². The number of aliphatic hydroxyl groups excluding tert-OH is 1. The number of rotatable bonds is 5. The zero-order valence-electron chi connectivity index (χ0n) is 12.5. The molecule has 0 aliphatic carbocycles. The monoisotopic (exact) mass is 306 g/mol. The molecule has 7 heteroatoms. The maximum atomic E-state index is 12.9. The van der Waals surface area contributed by atoms with Crippen LogP contribution >= 0.6 is 0 Å². The summed E-state index contributed by atoms with van der Waals surface area (Å²) in [6.45, 7) is 3.74.